The molecule has 0 saturated heterocycles. The smallest absolute Gasteiger partial charge is 0.00182 e. The number of fused-ring (bicyclic) bond motifs is 5. The lowest BCUT2D eigenvalue weighted by Gasteiger charge is -2.56. The zero-order valence-corrected chi connectivity index (χ0v) is 15.1. The number of hydrogen-bond donors (Lipinski definition) is 1. The van der Waals surface area contributed by atoms with Crippen molar-refractivity contribution in [2.24, 2.45) is 46.8 Å². The summed E-state index contributed by atoms with van der Waals surface area (Å²) in [4.78, 5) is 0. The molecule has 22 heavy (non-hydrogen) atoms. The van der Waals surface area contributed by atoms with Gasteiger partial charge < -0.3 is 5.32 Å². The van der Waals surface area contributed by atoms with Crippen molar-refractivity contribution in [2.75, 3.05) is 13.6 Å². The van der Waals surface area contributed by atoms with E-state index in [1.807, 2.05) is 0 Å². The summed E-state index contributed by atoms with van der Waals surface area (Å²) in [5, 5.41) is 3.49. The zero-order valence-electron chi connectivity index (χ0n) is 15.1. The highest BCUT2D eigenvalue weighted by Crippen LogP contribution is 2.64. The minimum atomic E-state index is 0.666. The van der Waals surface area contributed by atoms with Crippen molar-refractivity contribution in [3.8, 4) is 0 Å². The van der Waals surface area contributed by atoms with Crippen molar-refractivity contribution in [1.82, 2.24) is 5.32 Å². The van der Waals surface area contributed by atoms with Crippen molar-refractivity contribution in [3.63, 3.8) is 0 Å². The molecule has 8 unspecified atom stereocenters. The van der Waals surface area contributed by atoms with Gasteiger partial charge in [0.2, 0.25) is 0 Å². The molecular weight excluding hydrogens is 266 g/mol. The fraction of sp³-hybridized carbons (Fsp3) is 1.00. The Morgan fingerprint density at radius 1 is 0.909 bits per heavy atom. The summed E-state index contributed by atoms with van der Waals surface area (Å²) >= 11 is 0. The van der Waals surface area contributed by atoms with E-state index in [4.69, 9.17) is 0 Å². The molecule has 126 valence electrons. The van der Waals surface area contributed by atoms with Gasteiger partial charge in [-0.1, -0.05) is 20.3 Å². The third-order valence-electron chi connectivity index (χ3n) is 8.86. The molecule has 8 atom stereocenters. The minimum Gasteiger partial charge on any atom is -0.319 e. The quantitative estimate of drug-likeness (QED) is 0.747. The number of hydrogen-bond acceptors (Lipinski definition) is 1. The van der Waals surface area contributed by atoms with E-state index in [2.05, 4.69) is 26.2 Å². The van der Waals surface area contributed by atoms with Crippen LogP contribution >= 0.6 is 0 Å². The lowest BCUT2D eigenvalue weighted by atomic mass is 9.49. The van der Waals surface area contributed by atoms with E-state index in [9.17, 15) is 0 Å². The normalized spacial score (nSPS) is 54.4. The highest BCUT2D eigenvalue weighted by Gasteiger charge is 2.56. The lowest BCUT2D eigenvalue weighted by molar-refractivity contribution is -0.0665. The van der Waals surface area contributed by atoms with Gasteiger partial charge in [-0.05, 0) is 112 Å². The molecule has 0 aromatic carbocycles. The predicted octanol–water partition coefficient (Wildman–Crippen LogP) is 5.11. The Morgan fingerprint density at radius 2 is 1.73 bits per heavy atom. The summed E-state index contributed by atoms with van der Waals surface area (Å²) in [5.74, 6) is 7.44. The molecule has 4 aliphatic carbocycles. The van der Waals surface area contributed by atoms with Crippen LogP contribution in [0.1, 0.15) is 71.6 Å². The fourth-order valence-corrected chi connectivity index (χ4v) is 7.78. The fourth-order valence-electron chi connectivity index (χ4n) is 7.78. The second-order valence-electron chi connectivity index (χ2n) is 9.73. The molecular formula is C21H37N. The van der Waals surface area contributed by atoms with Crippen molar-refractivity contribution < 1.29 is 0 Å². The van der Waals surface area contributed by atoms with Crippen molar-refractivity contribution in [1.29, 1.82) is 0 Å². The summed E-state index contributed by atoms with van der Waals surface area (Å²) in [7, 11) is 2.15. The average Bonchev–Trinajstić information content (AvgIpc) is 2.84. The Morgan fingerprint density at radius 3 is 2.55 bits per heavy atom. The van der Waals surface area contributed by atoms with Gasteiger partial charge in [0, 0.05) is 0 Å². The minimum absolute atomic E-state index is 0.666. The molecule has 1 N–H and O–H groups in total. The van der Waals surface area contributed by atoms with Crippen molar-refractivity contribution in [3.05, 3.63) is 0 Å². The lowest BCUT2D eigenvalue weighted by Crippen LogP contribution is -2.49. The van der Waals surface area contributed by atoms with Gasteiger partial charge in [-0.15, -0.1) is 0 Å². The third kappa shape index (κ3) is 2.29. The summed E-state index contributed by atoms with van der Waals surface area (Å²) in [6, 6.07) is 0. The van der Waals surface area contributed by atoms with Crippen LogP contribution in [0.2, 0.25) is 0 Å². The van der Waals surface area contributed by atoms with E-state index in [1.54, 1.807) is 32.1 Å². The SMILES string of the molecule is CNCC1CCC2C3CCC4CC(C)CCC4C3CCC12C. The first-order valence-electron chi connectivity index (χ1n) is 10.3. The van der Waals surface area contributed by atoms with Gasteiger partial charge in [-0.2, -0.15) is 0 Å². The molecule has 0 spiro atoms. The molecule has 0 aromatic heterocycles. The van der Waals surface area contributed by atoms with Crippen LogP contribution in [0.25, 0.3) is 0 Å². The molecule has 1 nitrogen and oxygen atoms in total. The first kappa shape index (κ1) is 15.5. The first-order valence-corrected chi connectivity index (χ1v) is 10.3. The maximum Gasteiger partial charge on any atom is -0.00182 e. The maximum absolute atomic E-state index is 3.49. The summed E-state index contributed by atoms with van der Waals surface area (Å²) < 4.78 is 0. The van der Waals surface area contributed by atoms with Crippen LogP contribution in [-0.2, 0) is 0 Å². The molecule has 0 heterocycles. The molecule has 0 aromatic rings. The predicted molar refractivity (Wildman–Crippen MR) is 93.7 cm³/mol. The number of nitrogens with one attached hydrogen (secondary N) is 1. The average molecular weight is 304 g/mol. The molecule has 0 radical (unpaired) electrons. The first-order chi connectivity index (χ1) is 10.6. The molecule has 0 bridgehead atoms. The van der Waals surface area contributed by atoms with E-state index in [-0.39, 0.29) is 0 Å². The summed E-state index contributed by atoms with van der Waals surface area (Å²) in [6.45, 7) is 6.42. The van der Waals surface area contributed by atoms with Crippen LogP contribution < -0.4 is 5.32 Å². The molecule has 4 saturated carbocycles. The topological polar surface area (TPSA) is 12.0 Å². The van der Waals surface area contributed by atoms with E-state index < -0.39 is 0 Å². The molecule has 4 aliphatic rings. The molecule has 4 fully saturated rings. The van der Waals surface area contributed by atoms with Crippen LogP contribution in [0, 0.1) is 46.8 Å². The Kier molecular flexibility index (Phi) is 4.08. The molecule has 1 heteroatoms. The van der Waals surface area contributed by atoms with Crippen LogP contribution in [0.15, 0.2) is 0 Å². The van der Waals surface area contributed by atoms with Crippen molar-refractivity contribution >= 4 is 0 Å². The summed E-state index contributed by atoms with van der Waals surface area (Å²) in [6.07, 6.45) is 13.9. The van der Waals surface area contributed by atoms with Gasteiger partial charge in [0.25, 0.3) is 0 Å². The van der Waals surface area contributed by atoms with E-state index in [0.29, 0.717) is 5.41 Å². The van der Waals surface area contributed by atoms with E-state index >= 15 is 0 Å². The zero-order chi connectivity index (χ0) is 15.3. The Balaban J connectivity index is 1.53. The standard InChI is InChI=1S/C21H37N/c1-14-4-7-17-15(12-14)5-8-19-18(17)10-11-21(2)16(13-22-3)6-9-20(19)21/h14-20,22H,4-13H2,1-3H3. The molecule has 4 rings (SSSR count). The largest absolute Gasteiger partial charge is 0.319 e. The Hall–Kier alpha value is -0.0400. The van der Waals surface area contributed by atoms with E-state index in [0.717, 1.165) is 41.4 Å². The highest BCUT2D eigenvalue weighted by atomic mass is 14.8. The molecule has 0 aliphatic heterocycles. The van der Waals surface area contributed by atoms with Crippen molar-refractivity contribution in [2.45, 2.75) is 71.6 Å². The highest BCUT2D eigenvalue weighted by molar-refractivity contribution is 5.06. The second kappa shape index (κ2) is 5.80. The molecule has 0 amide bonds. The Labute approximate surface area is 138 Å². The van der Waals surface area contributed by atoms with Gasteiger partial charge in [-0.3, -0.25) is 0 Å². The second-order valence-corrected chi connectivity index (χ2v) is 9.73. The van der Waals surface area contributed by atoms with Crippen LogP contribution in [0.5, 0.6) is 0 Å². The van der Waals surface area contributed by atoms with Gasteiger partial charge in [-0.25, -0.2) is 0 Å². The van der Waals surface area contributed by atoms with Gasteiger partial charge in [0.1, 0.15) is 0 Å². The van der Waals surface area contributed by atoms with Crippen LogP contribution in [0.4, 0.5) is 0 Å². The summed E-state index contributed by atoms with van der Waals surface area (Å²) in [5.41, 5.74) is 0.666. The number of rotatable bonds is 2. The van der Waals surface area contributed by atoms with Gasteiger partial charge >= 0.3 is 0 Å². The Bertz CT molecular complexity index is 405. The monoisotopic (exact) mass is 303 g/mol. The van der Waals surface area contributed by atoms with Crippen LogP contribution in [0.3, 0.4) is 0 Å². The van der Waals surface area contributed by atoms with Gasteiger partial charge in [0.15, 0.2) is 0 Å². The van der Waals surface area contributed by atoms with Gasteiger partial charge in [0.05, 0.1) is 0 Å². The third-order valence-corrected chi connectivity index (χ3v) is 8.86. The maximum atomic E-state index is 3.49. The van der Waals surface area contributed by atoms with Crippen LogP contribution in [-0.4, -0.2) is 13.6 Å². The van der Waals surface area contributed by atoms with E-state index in [1.165, 1.54) is 32.2 Å².